The van der Waals surface area contributed by atoms with Crippen LogP contribution in [0.1, 0.15) is 0 Å². The second kappa shape index (κ2) is 6.95. The van der Waals surface area contributed by atoms with E-state index in [1.165, 1.54) is 0 Å². The quantitative estimate of drug-likeness (QED) is 0.879. The Morgan fingerprint density at radius 1 is 1.39 bits per heavy atom. The summed E-state index contributed by atoms with van der Waals surface area (Å²) >= 11 is 5.80. The Labute approximate surface area is 112 Å². The van der Waals surface area contributed by atoms with Crippen molar-refractivity contribution in [3.05, 3.63) is 29.3 Å². The summed E-state index contributed by atoms with van der Waals surface area (Å²) in [7, 11) is 0. The molecule has 5 heteroatoms. The maximum absolute atomic E-state index is 9.23. The fraction of sp³-hybridized carbons (Fsp3) is 0.538. The van der Waals surface area contributed by atoms with Gasteiger partial charge in [0, 0.05) is 18.1 Å². The van der Waals surface area contributed by atoms with E-state index in [0.717, 1.165) is 25.4 Å². The molecule has 2 rings (SSSR count). The molecular weight excluding hydrogens is 254 g/mol. The van der Waals surface area contributed by atoms with Crippen LogP contribution in [0.3, 0.4) is 0 Å². The van der Waals surface area contributed by atoms with Crippen LogP contribution in [0.15, 0.2) is 24.3 Å². The molecule has 1 aromatic carbocycles. The molecule has 18 heavy (non-hydrogen) atoms. The number of nitrogens with zero attached hydrogens (tertiary/aromatic N) is 1. The van der Waals surface area contributed by atoms with Crippen molar-refractivity contribution in [1.82, 2.24) is 4.90 Å². The lowest BCUT2D eigenvalue weighted by Gasteiger charge is -2.34. The van der Waals surface area contributed by atoms with E-state index >= 15 is 0 Å². The second-order valence-electron chi connectivity index (χ2n) is 4.25. The predicted molar refractivity (Wildman–Crippen MR) is 70.2 cm³/mol. The maximum atomic E-state index is 9.23. The number of morpholine rings is 1. The average Bonchev–Trinajstić information content (AvgIpc) is 2.41. The number of ether oxygens (including phenoxy) is 2. The summed E-state index contributed by atoms with van der Waals surface area (Å²) in [5.41, 5.74) is 0. The Hall–Kier alpha value is -0.810. The molecule has 1 fully saturated rings. The molecule has 1 saturated heterocycles. The Morgan fingerprint density at radius 2 is 2.17 bits per heavy atom. The lowest BCUT2D eigenvalue weighted by molar-refractivity contribution is -0.0312. The van der Waals surface area contributed by atoms with Crippen molar-refractivity contribution in [2.24, 2.45) is 0 Å². The zero-order valence-corrected chi connectivity index (χ0v) is 11.0. The second-order valence-corrected chi connectivity index (χ2v) is 4.69. The van der Waals surface area contributed by atoms with Crippen LogP contribution in [0.25, 0.3) is 0 Å². The van der Waals surface area contributed by atoms with Crippen LogP contribution < -0.4 is 4.74 Å². The van der Waals surface area contributed by atoms with Gasteiger partial charge in [0.25, 0.3) is 0 Å². The number of benzene rings is 1. The minimum absolute atomic E-state index is 0.0903. The summed E-state index contributed by atoms with van der Waals surface area (Å²) in [5, 5.41) is 9.94. The number of hydrogen-bond donors (Lipinski definition) is 1. The number of halogens is 1. The summed E-state index contributed by atoms with van der Waals surface area (Å²) in [4.78, 5) is 2.19. The van der Waals surface area contributed by atoms with Crippen molar-refractivity contribution in [2.45, 2.75) is 6.04 Å². The van der Waals surface area contributed by atoms with Crippen molar-refractivity contribution >= 4 is 11.6 Å². The lowest BCUT2D eigenvalue weighted by atomic mass is 10.2. The van der Waals surface area contributed by atoms with Crippen molar-refractivity contribution in [2.75, 3.05) is 39.5 Å². The Bertz CT molecular complexity index is 358. The molecule has 0 saturated carbocycles. The summed E-state index contributed by atoms with van der Waals surface area (Å²) in [5.74, 6) is 0.813. The van der Waals surface area contributed by atoms with E-state index in [1.807, 2.05) is 24.3 Å². The normalized spacial score (nSPS) is 20.9. The molecule has 1 aliphatic heterocycles. The van der Waals surface area contributed by atoms with Gasteiger partial charge >= 0.3 is 0 Å². The third kappa shape index (κ3) is 3.85. The zero-order chi connectivity index (χ0) is 12.8. The van der Waals surface area contributed by atoms with E-state index in [1.54, 1.807) is 0 Å². The highest BCUT2D eigenvalue weighted by Gasteiger charge is 2.21. The zero-order valence-electron chi connectivity index (χ0n) is 10.2. The number of hydrogen-bond acceptors (Lipinski definition) is 4. The van der Waals surface area contributed by atoms with E-state index in [9.17, 15) is 5.11 Å². The van der Waals surface area contributed by atoms with Crippen molar-refractivity contribution < 1.29 is 14.6 Å². The molecule has 1 N–H and O–H groups in total. The summed E-state index contributed by atoms with van der Waals surface area (Å²) < 4.78 is 11.0. The van der Waals surface area contributed by atoms with Gasteiger partial charge in [-0.25, -0.2) is 0 Å². The molecule has 100 valence electrons. The highest BCUT2D eigenvalue weighted by Crippen LogP contribution is 2.15. The molecule has 1 aromatic rings. The van der Waals surface area contributed by atoms with Crippen molar-refractivity contribution in [3.8, 4) is 5.75 Å². The summed E-state index contributed by atoms with van der Waals surface area (Å²) in [6.07, 6.45) is 0. The van der Waals surface area contributed by atoms with Crippen LogP contribution in [-0.2, 0) is 4.74 Å². The van der Waals surface area contributed by atoms with E-state index in [-0.39, 0.29) is 12.6 Å². The lowest BCUT2D eigenvalue weighted by Crippen LogP contribution is -2.48. The fourth-order valence-corrected chi connectivity index (χ4v) is 2.09. The van der Waals surface area contributed by atoms with Crippen molar-refractivity contribution in [3.63, 3.8) is 0 Å². The molecule has 0 bridgehead atoms. The molecule has 0 amide bonds. The Balaban J connectivity index is 1.75. The topological polar surface area (TPSA) is 41.9 Å². The van der Waals surface area contributed by atoms with Gasteiger partial charge in [-0.2, -0.15) is 0 Å². The maximum Gasteiger partial charge on any atom is 0.119 e. The molecular formula is C13H18ClNO3. The molecule has 0 aromatic heterocycles. The molecule has 1 heterocycles. The minimum Gasteiger partial charge on any atom is -0.492 e. The van der Waals surface area contributed by atoms with E-state index in [4.69, 9.17) is 21.1 Å². The van der Waals surface area contributed by atoms with Gasteiger partial charge in [0.05, 0.1) is 25.9 Å². The van der Waals surface area contributed by atoms with Gasteiger partial charge in [0.2, 0.25) is 0 Å². The van der Waals surface area contributed by atoms with Gasteiger partial charge in [-0.15, -0.1) is 0 Å². The van der Waals surface area contributed by atoms with Gasteiger partial charge < -0.3 is 14.6 Å². The fourth-order valence-electron chi connectivity index (χ4n) is 1.96. The van der Waals surface area contributed by atoms with Gasteiger partial charge in [-0.3, -0.25) is 4.90 Å². The first kappa shape index (κ1) is 13.6. The van der Waals surface area contributed by atoms with Crippen LogP contribution in [0.4, 0.5) is 0 Å². The first-order valence-electron chi connectivity index (χ1n) is 6.10. The Morgan fingerprint density at radius 3 is 2.89 bits per heavy atom. The van der Waals surface area contributed by atoms with Crippen molar-refractivity contribution in [1.29, 1.82) is 0 Å². The van der Waals surface area contributed by atoms with Gasteiger partial charge in [-0.1, -0.05) is 11.6 Å². The van der Waals surface area contributed by atoms with E-state index in [0.29, 0.717) is 18.2 Å². The third-order valence-corrected chi connectivity index (χ3v) is 3.27. The van der Waals surface area contributed by atoms with Crippen LogP contribution >= 0.6 is 11.6 Å². The highest BCUT2D eigenvalue weighted by molar-refractivity contribution is 6.30. The molecule has 0 radical (unpaired) electrons. The van der Waals surface area contributed by atoms with E-state index < -0.39 is 0 Å². The van der Waals surface area contributed by atoms with Crippen LogP contribution in [0, 0.1) is 0 Å². The number of aliphatic hydroxyl groups is 1. The standard InChI is InChI=1S/C13H18ClNO3/c14-11-1-3-13(4-2-11)18-8-6-15-5-7-17-10-12(15)9-16/h1-4,12,16H,5-10H2. The molecule has 4 nitrogen and oxygen atoms in total. The highest BCUT2D eigenvalue weighted by atomic mass is 35.5. The molecule has 0 aliphatic carbocycles. The molecule has 1 atom stereocenters. The van der Waals surface area contributed by atoms with Crippen LogP contribution in [-0.4, -0.2) is 55.6 Å². The average molecular weight is 272 g/mol. The third-order valence-electron chi connectivity index (χ3n) is 3.02. The Kier molecular flexibility index (Phi) is 5.26. The number of aliphatic hydroxyl groups excluding tert-OH is 1. The largest absolute Gasteiger partial charge is 0.492 e. The molecule has 1 unspecified atom stereocenters. The van der Waals surface area contributed by atoms with Gasteiger partial charge in [0.1, 0.15) is 12.4 Å². The summed E-state index contributed by atoms with van der Waals surface area (Å²) in [6.45, 7) is 3.67. The monoisotopic (exact) mass is 271 g/mol. The smallest absolute Gasteiger partial charge is 0.119 e. The summed E-state index contributed by atoms with van der Waals surface area (Å²) in [6, 6.07) is 7.41. The molecule has 0 spiro atoms. The first-order valence-corrected chi connectivity index (χ1v) is 6.48. The molecule has 1 aliphatic rings. The number of rotatable bonds is 5. The predicted octanol–water partition coefficient (Wildman–Crippen LogP) is 1.41. The van der Waals surface area contributed by atoms with Gasteiger partial charge in [-0.05, 0) is 24.3 Å². The van der Waals surface area contributed by atoms with Gasteiger partial charge in [0.15, 0.2) is 0 Å². The van der Waals surface area contributed by atoms with Crippen LogP contribution in [0.5, 0.6) is 5.75 Å². The minimum atomic E-state index is 0.0903. The van der Waals surface area contributed by atoms with E-state index in [2.05, 4.69) is 4.90 Å². The van der Waals surface area contributed by atoms with Crippen LogP contribution in [0.2, 0.25) is 5.02 Å². The SMILES string of the molecule is OCC1COCCN1CCOc1ccc(Cl)cc1. The first-order chi connectivity index (χ1) is 8.79.